The number of thiazole rings is 1. The van der Waals surface area contributed by atoms with E-state index in [1.807, 2.05) is 13.8 Å². The SMILES string of the molecule is CCCCOC(=O)c1ccc2nc(NC(=O)c3cccc(OCC)c3)sc2c1. The molecule has 1 aromatic heterocycles. The molecule has 0 aliphatic carbocycles. The first-order chi connectivity index (χ1) is 13.6. The van der Waals surface area contributed by atoms with Crippen molar-refractivity contribution in [2.75, 3.05) is 18.5 Å². The molecule has 0 aliphatic heterocycles. The van der Waals surface area contributed by atoms with Crippen LogP contribution in [0.2, 0.25) is 0 Å². The van der Waals surface area contributed by atoms with Gasteiger partial charge in [-0.05, 0) is 49.7 Å². The van der Waals surface area contributed by atoms with Crippen LogP contribution in [0, 0.1) is 0 Å². The number of rotatable bonds is 8. The number of unbranched alkanes of at least 4 members (excludes halogenated alkanes) is 1. The molecule has 1 amide bonds. The first-order valence-corrected chi connectivity index (χ1v) is 10.0. The van der Waals surface area contributed by atoms with Gasteiger partial charge in [-0.25, -0.2) is 9.78 Å². The minimum atomic E-state index is -0.345. The van der Waals surface area contributed by atoms with E-state index in [1.54, 1.807) is 42.5 Å². The molecule has 0 fully saturated rings. The van der Waals surface area contributed by atoms with E-state index in [4.69, 9.17) is 9.47 Å². The molecule has 0 saturated heterocycles. The zero-order valence-electron chi connectivity index (χ0n) is 15.9. The molecule has 1 heterocycles. The van der Waals surface area contributed by atoms with Gasteiger partial charge in [-0.1, -0.05) is 30.7 Å². The second-order valence-electron chi connectivity index (χ2n) is 6.11. The maximum absolute atomic E-state index is 12.5. The summed E-state index contributed by atoms with van der Waals surface area (Å²) >= 11 is 1.31. The standard InChI is InChI=1S/C21H22N2O4S/c1-3-5-11-27-20(25)15-9-10-17-18(13-15)28-21(22-17)23-19(24)14-7-6-8-16(12-14)26-4-2/h6-10,12-13H,3-5,11H2,1-2H3,(H,22,23,24). The fourth-order valence-corrected chi connectivity index (χ4v) is 3.46. The van der Waals surface area contributed by atoms with Crippen molar-refractivity contribution in [3.05, 3.63) is 53.6 Å². The van der Waals surface area contributed by atoms with E-state index in [0.717, 1.165) is 17.5 Å². The van der Waals surface area contributed by atoms with E-state index < -0.39 is 0 Å². The maximum Gasteiger partial charge on any atom is 0.338 e. The van der Waals surface area contributed by atoms with E-state index in [1.165, 1.54) is 11.3 Å². The van der Waals surface area contributed by atoms with E-state index in [-0.39, 0.29) is 11.9 Å². The number of aromatic nitrogens is 1. The molecule has 6 nitrogen and oxygen atoms in total. The first kappa shape index (κ1) is 19.8. The van der Waals surface area contributed by atoms with Gasteiger partial charge in [0.05, 0.1) is 29.0 Å². The van der Waals surface area contributed by atoms with Crippen molar-refractivity contribution in [1.82, 2.24) is 4.98 Å². The Bertz CT molecular complexity index is 983. The maximum atomic E-state index is 12.5. The highest BCUT2D eigenvalue weighted by molar-refractivity contribution is 7.22. The van der Waals surface area contributed by atoms with Crippen molar-refractivity contribution in [1.29, 1.82) is 0 Å². The fraction of sp³-hybridized carbons (Fsp3) is 0.286. The zero-order chi connectivity index (χ0) is 19.9. The number of carbonyl (C=O) groups is 2. The summed E-state index contributed by atoms with van der Waals surface area (Å²) in [6.07, 6.45) is 1.81. The van der Waals surface area contributed by atoms with Crippen LogP contribution in [0.15, 0.2) is 42.5 Å². The van der Waals surface area contributed by atoms with Crippen molar-refractivity contribution in [3.63, 3.8) is 0 Å². The Balaban J connectivity index is 1.72. The van der Waals surface area contributed by atoms with Crippen molar-refractivity contribution in [2.45, 2.75) is 26.7 Å². The molecule has 3 aromatic rings. The Labute approximate surface area is 167 Å². The minimum absolute atomic E-state index is 0.264. The van der Waals surface area contributed by atoms with Crippen molar-refractivity contribution in [3.8, 4) is 5.75 Å². The third kappa shape index (κ3) is 4.86. The molecule has 0 atom stereocenters. The van der Waals surface area contributed by atoms with Gasteiger partial charge >= 0.3 is 5.97 Å². The van der Waals surface area contributed by atoms with Gasteiger partial charge in [0.15, 0.2) is 5.13 Å². The second kappa shape index (κ2) is 9.32. The lowest BCUT2D eigenvalue weighted by Crippen LogP contribution is -2.11. The van der Waals surface area contributed by atoms with Gasteiger partial charge < -0.3 is 9.47 Å². The third-order valence-electron chi connectivity index (χ3n) is 3.98. The van der Waals surface area contributed by atoms with E-state index in [9.17, 15) is 9.59 Å². The quantitative estimate of drug-likeness (QED) is 0.431. The average molecular weight is 398 g/mol. The van der Waals surface area contributed by atoms with Gasteiger partial charge in [0.1, 0.15) is 5.75 Å². The lowest BCUT2D eigenvalue weighted by atomic mass is 10.2. The largest absolute Gasteiger partial charge is 0.494 e. The van der Waals surface area contributed by atoms with Gasteiger partial charge in [-0.2, -0.15) is 0 Å². The third-order valence-corrected chi connectivity index (χ3v) is 4.92. The van der Waals surface area contributed by atoms with Crippen LogP contribution in [0.3, 0.4) is 0 Å². The predicted molar refractivity (Wildman–Crippen MR) is 110 cm³/mol. The highest BCUT2D eigenvalue weighted by Crippen LogP contribution is 2.27. The van der Waals surface area contributed by atoms with Crippen LogP contribution in [0.1, 0.15) is 47.4 Å². The topological polar surface area (TPSA) is 77.5 Å². The number of nitrogens with zero attached hydrogens (tertiary/aromatic N) is 1. The predicted octanol–water partition coefficient (Wildman–Crippen LogP) is 4.90. The summed E-state index contributed by atoms with van der Waals surface area (Å²) in [5, 5.41) is 3.27. The van der Waals surface area contributed by atoms with Gasteiger partial charge in [-0.15, -0.1) is 0 Å². The van der Waals surface area contributed by atoms with Crippen LogP contribution in [-0.4, -0.2) is 30.1 Å². The monoisotopic (exact) mass is 398 g/mol. The molecule has 0 saturated carbocycles. The summed E-state index contributed by atoms with van der Waals surface area (Å²) in [7, 11) is 0. The Morgan fingerprint density at radius 3 is 2.75 bits per heavy atom. The number of nitrogens with one attached hydrogen (secondary N) is 1. The molecule has 0 spiro atoms. The van der Waals surface area contributed by atoms with Crippen molar-refractivity contribution >= 4 is 38.6 Å². The molecule has 0 aliphatic rings. The number of fused-ring (bicyclic) bond motifs is 1. The molecule has 3 rings (SSSR count). The lowest BCUT2D eigenvalue weighted by Gasteiger charge is -2.05. The van der Waals surface area contributed by atoms with Gasteiger partial charge in [0.2, 0.25) is 0 Å². The lowest BCUT2D eigenvalue weighted by molar-refractivity contribution is 0.0500. The second-order valence-corrected chi connectivity index (χ2v) is 7.14. The van der Waals surface area contributed by atoms with Crippen LogP contribution in [-0.2, 0) is 4.74 Å². The summed E-state index contributed by atoms with van der Waals surface area (Å²) in [4.78, 5) is 29.0. The summed E-state index contributed by atoms with van der Waals surface area (Å²) in [6.45, 7) is 4.88. The number of benzene rings is 2. The van der Waals surface area contributed by atoms with E-state index >= 15 is 0 Å². The molecule has 0 radical (unpaired) electrons. The van der Waals surface area contributed by atoms with Crippen LogP contribution < -0.4 is 10.1 Å². The highest BCUT2D eigenvalue weighted by atomic mass is 32.1. The van der Waals surface area contributed by atoms with Gasteiger partial charge in [-0.3, -0.25) is 10.1 Å². The highest BCUT2D eigenvalue weighted by Gasteiger charge is 2.13. The van der Waals surface area contributed by atoms with Gasteiger partial charge in [0.25, 0.3) is 5.91 Å². The number of hydrogen-bond donors (Lipinski definition) is 1. The number of esters is 1. The normalized spacial score (nSPS) is 10.6. The summed E-state index contributed by atoms with van der Waals surface area (Å²) < 4.78 is 11.5. The number of carbonyl (C=O) groups excluding carboxylic acids is 2. The fourth-order valence-electron chi connectivity index (χ4n) is 2.56. The number of hydrogen-bond acceptors (Lipinski definition) is 6. The first-order valence-electron chi connectivity index (χ1n) is 9.22. The van der Waals surface area contributed by atoms with Crippen molar-refractivity contribution in [2.24, 2.45) is 0 Å². The van der Waals surface area contributed by atoms with Gasteiger partial charge in [0, 0.05) is 5.56 Å². The molecular weight excluding hydrogens is 376 g/mol. The number of ether oxygens (including phenoxy) is 2. The molecule has 0 bridgehead atoms. The number of anilines is 1. The Morgan fingerprint density at radius 2 is 1.96 bits per heavy atom. The van der Waals surface area contributed by atoms with Crippen LogP contribution in [0.5, 0.6) is 5.75 Å². The van der Waals surface area contributed by atoms with Crippen molar-refractivity contribution < 1.29 is 19.1 Å². The number of amides is 1. The molecule has 2 aromatic carbocycles. The summed E-state index contributed by atoms with van der Waals surface area (Å²) in [5.41, 5.74) is 1.69. The van der Waals surface area contributed by atoms with E-state index in [2.05, 4.69) is 10.3 Å². The smallest absolute Gasteiger partial charge is 0.338 e. The average Bonchev–Trinajstić information content (AvgIpc) is 3.10. The molecular formula is C21H22N2O4S. The molecule has 146 valence electrons. The Hall–Kier alpha value is -2.93. The molecule has 1 N–H and O–H groups in total. The minimum Gasteiger partial charge on any atom is -0.494 e. The molecule has 7 heteroatoms. The molecule has 28 heavy (non-hydrogen) atoms. The Morgan fingerprint density at radius 1 is 1.11 bits per heavy atom. The Kier molecular flexibility index (Phi) is 6.60. The van der Waals surface area contributed by atoms with E-state index in [0.29, 0.717) is 40.7 Å². The summed E-state index contributed by atoms with van der Waals surface area (Å²) in [5.74, 6) is 0.0348. The summed E-state index contributed by atoms with van der Waals surface area (Å²) in [6, 6.07) is 12.2. The van der Waals surface area contributed by atoms with Crippen LogP contribution >= 0.6 is 11.3 Å². The van der Waals surface area contributed by atoms with Crippen LogP contribution in [0.4, 0.5) is 5.13 Å². The zero-order valence-corrected chi connectivity index (χ0v) is 16.7. The van der Waals surface area contributed by atoms with Crippen LogP contribution in [0.25, 0.3) is 10.2 Å². The molecule has 0 unspecified atom stereocenters.